The van der Waals surface area contributed by atoms with Crippen molar-refractivity contribution in [1.82, 2.24) is 14.8 Å². The van der Waals surface area contributed by atoms with Crippen molar-refractivity contribution >= 4 is 22.7 Å². The number of rotatable bonds is 4. The Morgan fingerprint density at radius 1 is 1.48 bits per heavy atom. The van der Waals surface area contributed by atoms with Crippen molar-refractivity contribution in [2.24, 2.45) is 7.05 Å². The maximum absolute atomic E-state index is 12.3. The highest BCUT2D eigenvalue weighted by molar-refractivity contribution is 6.03. The van der Waals surface area contributed by atoms with Crippen LogP contribution in [-0.4, -0.2) is 49.8 Å². The number of carbonyl (C=O) groups is 1. The van der Waals surface area contributed by atoms with Gasteiger partial charge in [0.05, 0.1) is 17.3 Å². The third-order valence-corrected chi connectivity index (χ3v) is 2.84. The first kappa shape index (κ1) is 15.0. The Kier molecular flexibility index (Phi) is 3.73. The van der Waals surface area contributed by atoms with Crippen LogP contribution >= 0.6 is 0 Å². The number of anilines is 1. The average Bonchev–Trinajstić information content (AvgIpc) is 2.76. The fourth-order valence-corrected chi connectivity index (χ4v) is 1.76. The van der Waals surface area contributed by atoms with Gasteiger partial charge in [-0.2, -0.15) is 18.3 Å². The summed E-state index contributed by atoms with van der Waals surface area (Å²) in [6, 6.07) is 0. The number of halogens is 3. The van der Waals surface area contributed by atoms with Gasteiger partial charge in [-0.25, -0.2) is 9.78 Å². The molecule has 1 atom stereocenters. The van der Waals surface area contributed by atoms with Crippen molar-refractivity contribution in [1.29, 1.82) is 0 Å². The first-order valence-electron chi connectivity index (χ1n) is 5.74. The molecule has 0 aliphatic rings. The molecule has 3 N–H and O–H groups in total. The minimum atomic E-state index is -4.79. The predicted molar refractivity (Wildman–Crippen MR) is 66.0 cm³/mol. The summed E-state index contributed by atoms with van der Waals surface area (Å²) >= 11 is 0. The molecule has 0 aliphatic heterocycles. The molecule has 0 aliphatic carbocycles. The Labute approximate surface area is 116 Å². The molecule has 0 saturated carbocycles. The fraction of sp³-hybridized carbons (Fsp3) is 0.364. The molecule has 0 saturated heterocycles. The molecule has 21 heavy (non-hydrogen) atoms. The summed E-state index contributed by atoms with van der Waals surface area (Å²) in [7, 11) is 1.56. The second-order valence-corrected chi connectivity index (χ2v) is 4.30. The maximum Gasteiger partial charge on any atom is 0.416 e. The Bertz CT molecular complexity index is 683. The van der Waals surface area contributed by atoms with Gasteiger partial charge in [0.2, 0.25) is 0 Å². The molecule has 2 aromatic rings. The van der Waals surface area contributed by atoms with Crippen molar-refractivity contribution in [2.45, 2.75) is 12.3 Å². The van der Waals surface area contributed by atoms with Crippen molar-refractivity contribution in [2.75, 3.05) is 11.9 Å². The van der Waals surface area contributed by atoms with E-state index < -0.39 is 24.8 Å². The number of nitrogens with one attached hydrogen (secondary N) is 1. The molecule has 2 rings (SSSR count). The van der Waals surface area contributed by atoms with Gasteiger partial charge in [0, 0.05) is 19.8 Å². The van der Waals surface area contributed by atoms with Crippen LogP contribution in [0.4, 0.5) is 18.9 Å². The normalized spacial score (nSPS) is 13.4. The van der Waals surface area contributed by atoms with Gasteiger partial charge < -0.3 is 15.5 Å². The number of carboxylic acid groups (broad SMARTS) is 1. The molecular formula is C11H11F3N4O3. The molecule has 2 heterocycles. The number of aromatic nitrogens is 3. The lowest BCUT2D eigenvalue weighted by Crippen LogP contribution is -2.35. The molecule has 0 aromatic carbocycles. The molecule has 0 amide bonds. The third-order valence-electron chi connectivity index (χ3n) is 2.84. The van der Waals surface area contributed by atoms with Gasteiger partial charge in [0.15, 0.2) is 11.8 Å². The number of aryl methyl sites for hydroxylation is 1. The van der Waals surface area contributed by atoms with Gasteiger partial charge in [-0.1, -0.05) is 0 Å². The number of pyridine rings is 1. The highest BCUT2D eigenvalue weighted by Crippen LogP contribution is 2.27. The summed E-state index contributed by atoms with van der Waals surface area (Å²) in [6.45, 7) is -0.877. The minimum absolute atomic E-state index is 0.0658. The highest BCUT2D eigenvalue weighted by atomic mass is 19.4. The van der Waals surface area contributed by atoms with E-state index in [1.54, 1.807) is 7.05 Å². The molecular weight excluding hydrogens is 293 g/mol. The quantitative estimate of drug-likeness (QED) is 0.779. The van der Waals surface area contributed by atoms with Crippen molar-refractivity contribution in [3.8, 4) is 0 Å². The first-order chi connectivity index (χ1) is 9.71. The van der Waals surface area contributed by atoms with Gasteiger partial charge in [-0.3, -0.25) is 4.68 Å². The number of carboxylic acids is 1. The standard InChI is InChI=1S/C11H11F3N4O3/c1-18-9-5(3-17-18)8(6(2-16-9)10(20)21)15-4-7(19)11(12,13)14/h2-3,7,19H,4H2,1H3,(H,15,16)(H,20,21). The van der Waals surface area contributed by atoms with Crippen LogP contribution in [0, 0.1) is 0 Å². The number of hydrogen-bond donors (Lipinski definition) is 3. The molecule has 2 aromatic heterocycles. The van der Waals surface area contributed by atoms with Gasteiger partial charge in [0.25, 0.3) is 0 Å². The highest BCUT2D eigenvalue weighted by Gasteiger charge is 2.38. The Balaban J connectivity index is 2.40. The molecule has 0 radical (unpaired) electrons. The van der Waals surface area contributed by atoms with E-state index in [-0.39, 0.29) is 16.6 Å². The summed E-state index contributed by atoms with van der Waals surface area (Å²) in [5.74, 6) is -1.35. The SMILES string of the molecule is Cn1ncc2c(NCC(O)C(F)(F)F)c(C(=O)O)cnc21. The van der Waals surface area contributed by atoms with Crippen molar-refractivity contribution < 1.29 is 28.2 Å². The van der Waals surface area contributed by atoms with Crippen LogP contribution in [0.3, 0.4) is 0 Å². The number of aliphatic hydroxyl groups is 1. The van der Waals surface area contributed by atoms with Crippen molar-refractivity contribution in [3.63, 3.8) is 0 Å². The van der Waals surface area contributed by atoms with Crippen molar-refractivity contribution in [3.05, 3.63) is 18.0 Å². The fourth-order valence-electron chi connectivity index (χ4n) is 1.76. The van der Waals surface area contributed by atoms with Crippen LogP contribution in [0.5, 0.6) is 0 Å². The van der Waals surface area contributed by atoms with E-state index in [0.29, 0.717) is 5.65 Å². The summed E-state index contributed by atoms with van der Waals surface area (Å²) in [6.07, 6.45) is -5.09. The Morgan fingerprint density at radius 3 is 2.71 bits per heavy atom. The van der Waals surface area contributed by atoms with E-state index in [9.17, 15) is 18.0 Å². The van der Waals surface area contributed by atoms with Gasteiger partial charge in [0.1, 0.15) is 5.56 Å². The predicted octanol–water partition coefficient (Wildman–Crippen LogP) is 1.00. The largest absolute Gasteiger partial charge is 0.478 e. The Morgan fingerprint density at radius 2 is 2.14 bits per heavy atom. The summed E-state index contributed by atoms with van der Waals surface area (Å²) in [4.78, 5) is 15.0. The number of nitrogens with zero attached hydrogens (tertiary/aromatic N) is 3. The second kappa shape index (κ2) is 5.20. The van der Waals surface area contributed by atoms with E-state index in [2.05, 4.69) is 15.4 Å². The van der Waals surface area contributed by atoms with Gasteiger partial charge in [-0.05, 0) is 0 Å². The van der Waals surface area contributed by atoms with Gasteiger partial charge in [-0.15, -0.1) is 0 Å². The van der Waals surface area contributed by atoms with E-state index >= 15 is 0 Å². The Hall–Kier alpha value is -2.36. The molecule has 1 unspecified atom stereocenters. The van der Waals surface area contributed by atoms with E-state index in [4.69, 9.17) is 10.2 Å². The maximum atomic E-state index is 12.3. The molecule has 10 heteroatoms. The number of aliphatic hydroxyl groups excluding tert-OH is 1. The average molecular weight is 304 g/mol. The number of aromatic carboxylic acids is 1. The van der Waals surface area contributed by atoms with E-state index in [1.807, 2.05) is 0 Å². The topological polar surface area (TPSA) is 100 Å². The lowest BCUT2D eigenvalue weighted by molar-refractivity contribution is -0.198. The van der Waals surface area contributed by atoms with Crippen LogP contribution in [0.1, 0.15) is 10.4 Å². The van der Waals surface area contributed by atoms with Gasteiger partial charge >= 0.3 is 12.1 Å². The van der Waals surface area contributed by atoms with Crippen LogP contribution in [0.25, 0.3) is 11.0 Å². The zero-order valence-corrected chi connectivity index (χ0v) is 10.7. The van der Waals surface area contributed by atoms with Crippen LogP contribution < -0.4 is 5.32 Å². The molecule has 0 spiro atoms. The minimum Gasteiger partial charge on any atom is -0.478 e. The smallest absolute Gasteiger partial charge is 0.416 e. The molecule has 0 bridgehead atoms. The molecule has 7 nitrogen and oxygen atoms in total. The molecule has 0 fully saturated rings. The zero-order valence-electron chi connectivity index (χ0n) is 10.7. The number of hydrogen-bond acceptors (Lipinski definition) is 5. The summed E-state index contributed by atoms with van der Waals surface area (Å²) in [5, 5.41) is 24.5. The number of fused-ring (bicyclic) bond motifs is 1. The van der Waals surface area contributed by atoms with E-state index in [1.165, 1.54) is 10.9 Å². The summed E-state index contributed by atoms with van der Waals surface area (Å²) in [5.41, 5.74) is -0.0576. The van der Waals surface area contributed by atoms with E-state index in [0.717, 1.165) is 6.20 Å². The summed E-state index contributed by atoms with van der Waals surface area (Å²) < 4.78 is 38.2. The monoisotopic (exact) mass is 304 g/mol. The van der Waals surface area contributed by atoms with Crippen LogP contribution in [0.2, 0.25) is 0 Å². The second-order valence-electron chi connectivity index (χ2n) is 4.30. The van der Waals surface area contributed by atoms with Crippen LogP contribution in [0.15, 0.2) is 12.4 Å². The zero-order chi connectivity index (χ0) is 15.8. The third kappa shape index (κ3) is 2.89. The lowest BCUT2D eigenvalue weighted by atomic mass is 10.1. The molecule has 114 valence electrons. The number of alkyl halides is 3. The lowest BCUT2D eigenvalue weighted by Gasteiger charge is -2.17. The van der Waals surface area contributed by atoms with Crippen LogP contribution in [-0.2, 0) is 7.05 Å². The first-order valence-corrected chi connectivity index (χ1v) is 5.74.